The van der Waals surface area contributed by atoms with Crippen LogP contribution < -0.4 is 14.8 Å². The van der Waals surface area contributed by atoms with Crippen molar-refractivity contribution in [1.82, 2.24) is 9.80 Å². The number of methoxy groups -OCH3 is 2. The molecular weight excluding hydrogens is 294 g/mol. The number of hydrogen-bond donors (Lipinski definition) is 1. The maximum atomic E-state index is 12.4. The highest BCUT2D eigenvalue weighted by atomic mass is 16.5. The van der Waals surface area contributed by atoms with Crippen LogP contribution in [0.3, 0.4) is 0 Å². The normalized spacial score (nSPS) is 15.3. The zero-order valence-corrected chi connectivity index (χ0v) is 14.3. The summed E-state index contributed by atoms with van der Waals surface area (Å²) in [6, 6.07) is 5.31. The van der Waals surface area contributed by atoms with Crippen LogP contribution in [0.15, 0.2) is 18.2 Å². The number of rotatable bonds is 6. The number of urea groups is 1. The van der Waals surface area contributed by atoms with Crippen LogP contribution in [0.25, 0.3) is 0 Å². The van der Waals surface area contributed by atoms with E-state index >= 15 is 0 Å². The molecule has 2 rings (SSSR count). The van der Waals surface area contributed by atoms with E-state index in [9.17, 15) is 4.79 Å². The van der Waals surface area contributed by atoms with Gasteiger partial charge in [0.15, 0.2) is 11.5 Å². The minimum absolute atomic E-state index is 0.0626. The summed E-state index contributed by atoms with van der Waals surface area (Å²) in [5, 5.41) is 2.93. The zero-order valence-electron chi connectivity index (χ0n) is 14.3. The number of nitrogens with zero attached hydrogens (tertiary/aromatic N) is 2. The van der Waals surface area contributed by atoms with Gasteiger partial charge in [0, 0.05) is 37.9 Å². The summed E-state index contributed by atoms with van der Waals surface area (Å²) in [4.78, 5) is 16.6. The Hall–Kier alpha value is -1.95. The van der Waals surface area contributed by atoms with E-state index in [0.29, 0.717) is 17.2 Å². The molecule has 0 spiro atoms. The van der Waals surface area contributed by atoms with E-state index in [1.165, 1.54) is 12.8 Å². The van der Waals surface area contributed by atoms with Crippen molar-refractivity contribution < 1.29 is 14.3 Å². The Kier molecular flexibility index (Phi) is 6.52. The molecule has 1 aliphatic rings. The van der Waals surface area contributed by atoms with Gasteiger partial charge in [-0.3, -0.25) is 4.90 Å². The molecule has 1 aliphatic heterocycles. The van der Waals surface area contributed by atoms with Crippen molar-refractivity contribution >= 4 is 11.7 Å². The van der Waals surface area contributed by atoms with Crippen LogP contribution in [-0.2, 0) is 0 Å². The first kappa shape index (κ1) is 17.4. The van der Waals surface area contributed by atoms with Gasteiger partial charge in [0.2, 0.25) is 0 Å². The summed E-state index contributed by atoms with van der Waals surface area (Å²) in [6.07, 6.45) is 2.43. The molecule has 23 heavy (non-hydrogen) atoms. The van der Waals surface area contributed by atoms with E-state index in [-0.39, 0.29) is 6.03 Å². The lowest BCUT2D eigenvalue weighted by atomic mass is 10.2. The first-order valence-electron chi connectivity index (χ1n) is 8.18. The molecule has 0 atom stereocenters. The molecule has 2 amide bonds. The Balaban J connectivity index is 1.88. The lowest BCUT2D eigenvalue weighted by Crippen LogP contribution is -2.50. The maximum absolute atomic E-state index is 12.4. The van der Waals surface area contributed by atoms with Gasteiger partial charge < -0.3 is 19.7 Å². The van der Waals surface area contributed by atoms with Crippen LogP contribution in [-0.4, -0.2) is 62.8 Å². The predicted molar refractivity (Wildman–Crippen MR) is 91.5 cm³/mol. The van der Waals surface area contributed by atoms with Crippen molar-refractivity contribution in [3.63, 3.8) is 0 Å². The third-order valence-corrected chi connectivity index (χ3v) is 4.12. The van der Waals surface area contributed by atoms with E-state index in [1.54, 1.807) is 26.4 Å². The quantitative estimate of drug-likeness (QED) is 0.875. The Morgan fingerprint density at radius 2 is 1.83 bits per heavy atom. The van der Waals surface area contributed by atoms with E-state index in [2.05, 4.69) is 17.1 Å². The van der Waals surface area contributed by atoms with E-state index in [4.69, 9.17) is 9.47 Å². The van der Waals surface area contributed by atoms with Gasteiger partial charge in [-0.25, -0.2) is 4.79 Å². The molecule has 1 fully saturated rings. The molecule has 128 valence electrons. The van der Waals surface area contributed by atoms with Gasteiger partial charge in [0.25, 0.3) is 0 Å². The minimum atomic E-state index is -0.0626. The SMILES string of the molecule is CCCCN1CCN(C(=O)Nc2ccc(OC)c(OC)c2)CC1. The molecule has 0 bridgehead atoms. The van der Waals surface area contributed by atoms with Crippen LogP contribution >= 0.6 is 0 Å². The highest BCUT2D eigenvalue weighted by Crippen LogP contribution is 2.29. The summed E-state index contributed by atoms with van der Waals surface area (Å²) < 4.78 is 10.5. The number of nitrogens with one attached hydrogen (secondary N) is 1. The fraction of sp³-hybridized carbons (Fsp3) is 0.588. The summed E-state index contributed by atoms with van der Waals surface area (Å²) in [5.74, 6) is 1.25. The minimum Gasteiger partial charge on any atom is -0.493 e. The Morgan fingerprint density at radius 1 is 1.13 bits per heavy atom. The number of ether oxygens (including phenoxy) is 2. The number of amides is 2. The van der Waals surface area contributed by atoms with Gasteiger partial charge in [-0.1, -0.05) is 13.3 Å². The van der Waals surface area contributed by atoms with Crippen LogP contribution in [0.1, 0.15) is 19.8 Å². The van der Waals surface area contributed by atoms with Crippen LogP contribution in [0.5, 0.6) is 11.5 Å². The number of unbranched alkanes of at least 4 members (excludes halogenated alkanes) is 1. The number of carbonyl (C=O) groups excluding carboxylic acids is 1. The second-order valence-electron chi connectivity index (χ2n) is 5.68. The van der Waals surface area contributed by atoms with Gasteiger partial charge in [0.1, 0.15) is 0 Å². The van der Waals surface area contributed by atoms with Gasteiger partial charge in [-0.2, -0.15) is 0 Å². The number of benzene rings is 1. The molecule has 6 nitrogen and oxygen atoms in total. The van der Waals surface area contributed by atoms with Crippen molar-refractivity contribution in [3.8, 4) is 11.5 Å². The molecule has 0 aromatic heterocycles. The molecule has 1 saturated heterocycles. The summed E-state index contributed by atoms with van der Waals surface area (Å²) >= 11 is 0. The lowest BCUT2D eigenvalue weighted by molar-refractivity contribution is 0.146. The second kappa shape index (κ2) is 8.62. The summed E-state index contributed by atoms with van der Waals surface area (Å²) in [6.45, 7) is 6.75. The third-order valence-electron chi connectivity index (χ3n) is 4.12. The van der Waals surface area contributed by atoms with Crippen molar-refractivity contribution in [1.29, 1.82) is 0 Å². The summed E-state index contributed by atoms with van der Waals surface area (Å²) in [5.41, 5.74) is 0.709. The smallest absolute Gasteiger partial charge is 0.321 e. The maximum Gasteiger partial charge on any atom is 0.321 e. The largest absolute Gasteiger partial charge is 0.493 e. The predicted octanol–water partition coefficient (Wildman–Crippen LogP) is 2.65. The Labute approximate surface area is 138 Å². The molecule has 0 saturated carbocycles. The van der Waals surface area contributed by atoms with E-state index in [1.807, 2.05) is 11.0 Å². The number of hydrogen-bond acceptors (Lipinski definition) is 4. The molecule has 6 heteroatoms. The molecular formula is C17H27N3O3. The lowest BCUT2D eigenvalue weighted by Gasteiger charge is -2.34. The number of carbonyl (C=O) groups is 1. The number of anilines is 1. The zero-order chi connectivity index (χ0) is 16.7. The van der Waals surface area contributed by atoms with Crippen molar-refractivity contribution in [2.24, 2.45) is 0 Å². The standard InChI is InChI=1S/C17H27N3O3/c1-4-5-8-19-9-11-20(12-10-19)17(21)18-14-6-7-15(22-2)16(13-14)23-3/h6-7,13H,4-5,8-12H2,1-3H3,(H,18,21). The van der Waals surface area contributed by atoms with Crippen LogP contribution in [0.2, 0.25) is 0 Å². The fourth-order valence-electron chi connectivity index (χ4n) is 2.67. The van der Waals surface area contributed by atoms with Crippen molar-refractivity contribution in [3.05, 3.63) is 18.2 Å². The second-order valence-corrected chi connectivity index (χ2v) is 5.68. The summed E-state index contributed by atoms with van der Waals surface area (Å²) in [7, 11) is 3.17. The fourth-order valence-corrected chi connectivity index (χ4v) is 2.67. The highest BCUT2D eigenvalue weighted by molar-refractivity contribution is 5.89. The van der Waals surface area contributed by atoms with Crippen molar-refractivity contribution in [2.75, 3.05) is 52.3 Å². The highest BCUT2D eigenvalue weighted by Gasteiger charge is 2.21. The van der Waals surface area contributed by atoms with Crippen LogP contribution in [0, 0.1) is 0 Å². The Bertz CT molecular complexity index is 514. The topological polar surface area (TPSA) is 54.0 Å². The average molecular weight is 321 g/mol. The van der Waals surface area contributed by atoms with Gasteiger partial charge in [-0.05, 0) is 25.1 Å². The number of piperazine rings is 1. The molecule has 0 radical (unpaired) electrons. The molecule has 1 aromatic carbocycles. The van der Waals surface area contributed by atoms with E-state index < -0.39 is 0 Å². The third kappa shape index (κ3) is 4.76. The first-order chi connectivity index (χ1) is 11.2. The molecule has 0 aliphatic carbocycles. The molecule has 1 heterocycles. The monoisotopic (exact) mass is 321 g/mol. The van der Waals surface area contributed by atoms with Gasteiger partial charge in [-0.15, -0.1) is 0 Å². The van der Waals surface area contributed by atoms with Crippen LogP contribution in [0.4, 0.5) is 10.5 Å². The average Bonchev–Trinajstić information content (AvgIpc) is 2.60. The van der Waals surface area contributed by atoms with Gasteiger partial charge >= 0.3 is 6.03 Å². The molecule has 0 unspecified atom stereocenters. The van der Waals surface area contributed by atoms with E-state index in [0.717, 1.165) is 32.7 Å². The Morgan fingerprint density at radius 3 is 2.43 bits per heavy atom. The molecule has 1 aromatic rings. The first-order valence-corrected chi connectivity index (χ1v) is 8.18. The van der Waals surface area contributed by atoms with Crippen molar-refractivity contribution in [2.45, 2.75) is 19.8 Å². The van der Waals surface area contributed by atoms with Gasteiger partial charge in [0.05, 0.1) is 14.2 Å². The molecule has 1 N–H and O–H groups in total.